The molecule has 3 fully saturated rings. The molecule has 3 aliphatic rings. The lowest BCUT2D eigenvalue weighted by Gasteiger charge is -2.47. The molecule has 24 heavy (non-hydrogen) atoms. The van der Waals surface area contributed by atoms with Gasteiger partial charge in [0.05, 0.1) is 5.25 Å². The van der Waals surface area contributed by atoms with Gasteiger partial charge in [-0.3, -0.25) is 9.59 Å². The first-order valence-electron chi connectivity index (χ1n) is 8.26. The molecule has 1 spiro atoms. The molecule has 0 bridgehead atoms. The molecule has 2 aliphatic heterocycles. The van der Waals surface area contributed by atoms with E-state index in [9.17, 15) is 18.0 Å². The monoisotopic (exact) mass is 351 g/mol. The van der Waals surface area contributed by atoms with Gasteiger partial charge >= 0.3 is 0 Å². The van der Waals surface area contributed by atoms with Crippen LogP contribution in [-0.4, -0.2) is 59.5 Å². The first-order chi connectivity index (χ1) is 11.3. The van der Waals surface area contributed by atoms with Crippen molar-refractivity contribution < 1.29 is 13.2 Å². The number of amides is 1. The van der Waals surface area contributed by atoms with E-state index in [0.717, 1.165) is 19.3 Å². The van der Waals surface area contributed by atoms with Crippen molar-refractivity contribution in [3.63, 3.8) is 0 Å². The van der Waals surface area contributed by atoms with Gasteiger partial charge in [-0.05, 0) is 31.4 Å². The Morgan fingerprint density at radius 3 is 2.62 bits per heavy atom. The number of hydrogen-bond acceptors (Lipinski definition) is 4. The summed E-state index contributed by atoms with van der Waals surface area (Å²) >= 11 is 0. The number of rotatable bonds is 3. The molecule has 130 valence electrons. The first-order valence-corrected chi connectivity index (χ1v) is 9.77. The predicted octanol–water partition coefficient (Wildman–Crippen LogP) is 0.0254. The lowest BCUT2D eigenvalue weighted by atomic mass is 9.79. The number of nitrogens with zero attached hydrogens (tertiary/aromatic N) is 3. The van der Waals surface area contributed by atoms with Crippen LogP contribution in [0.3, 0.4) is 0 Å². The standard InChI is InChI=1S/C16H21N3O4S/c1-17-7-2-3-13(14(17)20)15(21)18-9-16(10-18)6-8-19(11-16)24(22,23)12-4-5-12/h2-3,7,12H,4-6,8-11H2,1H3. The zero-order valence-corrected chi connectivity index (χ0v) is 14.5. The molecule has 1 saturated carbocycles. The smallest absolute Gasteiger partial charge is 0.263 e. The van der Waals surface area contributed by atoms with E-state index in [2.05, 4.69) is 0 Å². The molecule has 2 saturated heterocycles. The largest absolute Gasteiger partial charge is 0.337 e. The fraction of sp³-hybridized carbons (Fsp3) is 0.625. The second kappa shape index (κ2) is 5.16. The van der Waals surface area contributed by atoms with Gasteiger partial charge < -0.3 is 9.47 Å². The van der Waals surface area contributed by atoms with Crippen molar-refractivity contribution in [1.82, 2.24) is 13.8 Å². The van der Waals surface area contributed by atoms with Crippen LogP contribution in [0.2, 0.25) is 0 Å². The Balaban J connectivity index is 1.44. The summed E-state index contributed by atoms with van der Waals surface area (Å²) < 4.78 is 27.7. The van der Waals surface area contributed by atoms with Crippen LogP contribution in [-0.2, 0) is 17.1 Å². The fourth-order valence-electron chi connectivity index (χ4n) is 3.78. The van der Waals surface area contributed by atoms with Crippen LogP contribution in [0.5, 0.6) is 0 Å². The van der Waals surface area contributed by atoms with Crippen molar-refractivity contribution in [2.24, 2.45) is 12.5 Å². The molecule has 1 amide bonds. The zero-order valence-electron chi connectivity index (χ0n) is 13.6. The van der Waals surface area contributed by atoms with Gasteiger partial charge in [0.25, 0.3) is 11.5 Å². The molecule has 0 aromatic carbocycles. The third-order valence-electron chi connectivity index (χ3n) is 5.40. The van der Waals surface area contributed by atoms with Crippen molar-refractivity contribution in [3.05, 3.63) is 34.2 Å². The maximum atomic E-state index is 12.5. The molecule has 0 radical (unpaired) electrons. The van der Waals surface area contributed by atoms with E-state index >= 15 is 0 Å². The van der Waals surface area contributed by atoms with E-state index in [1.165, 1.54) is 4.57 Å². The Hall–Kier alpha value is -1.67. The average Bonchev–Trinajstić information content (AvgIpc) is 3.27. The number of aromatic nitrogens is 1. The van der Waals surface area contributed by atoms with E-state index in [-0.39, 0.29) is 27.7 Å². The van der Waals surface area contributed by atoms with Crippen LogP contribution >= 0.6 is 0 Å². The number of carbonyl (C=O) groups excluding carboxylic acids is 1. The van der Waals surface area contributed by atoms with E-state index in [4.69, 9.17) is 0 Å². The highest BCUT2D eigenvalue weighted by molar-refractivity contribution is 7.90. The van der Waals surface area contributed by atoms with Gasteiger partial charge in [0.1, 0.15) is 5.56 Å². The molecule has 1 aromatic heterocycles. The zero-order chi connectivity index (χ0) is 17.1. The average molecular weight is 351 g/mol. The van der Waals surface area contributed by atoms with Crippen molar-refractivity contribution >= 4 is 15.9 Å². The topological polar surface area (TPSA) is 79.7 Å². The molecular weight excluding hydrogens is 330 g/mol. The lowest BCUT2D eigenvalue weighted by Crippen LogP contribution is -2.60. The van der Waals surface area contributed by atoms with Gasteiger partial charge in [-0.25, -0.2) is 12.7 Å². The number of pyridine rings is 1. The summed E-state index contributed by atoms with van der Waals surface area (Å²) in [6.45, 7) is 2.11. The van der Waals surface area contributed by atoms with Crippen LogP contribution in [0.15, 0.2) is 23.1 Å². The summed E-state index contributed by atoms with van der Waals surface area (Å²) in [5, 5.41) is -0.183. The van der Waals surface area contributed by atoms with Crippen LogP contribution in [0, 0.1) is 5.41 Å². The highest BCUT2D eigenvalue weighted by Gasteiger charge is 2.53. The Morgan fingerprint density at radius 2 is 1.96 bits per heavy atom. The molecule has 0 N–H and O–H groups in total. The van der Waals surface area contributed by atoms with E-state index in [1.807, 2.05) is 0 Å². The molecule has 1 aromatic rings. The number of likely N-dealkylation sites (tertiary alicyclic amines) is 1. The Morgan fingerprint density at radius 1 is 1.25 bits per heavy atom. The van der Waals surface area contributed by atoms with Crippen LogP contribution in [0.1, 0.15) is 29.6 Å². The minimum Gasteiger partial charge on any atom is -0.337 e. The predicted molar refractivity (Wildman–Crippen MR) is 88.2 cm³/mol. The highest BCUT2D eigenvalue weighted by Crippen LogP contribution is 2.43. The summed E-state index contributed by atoms with van der Waals surface area (Å²) in [6, 6.07) is 3.23. The van der Waals surface area contributed by atoms with Crippen molar-refractivity contribution in [1.29, 1.82) is 0 Å². The number of carbonyl (C=O) groups is 1. The maximum Gasteiger partial charge on any atom is 0.263 e. The Labute approximate surface area is 140 Å². The quantitative estimate of drug-likeness (QED) is 0.769. The normalized spacial score (nSPS) is 23.5. The van der Waals surface area contributed by atoms with Gasteiger partial charge in [0.15, 0.2) is 0 Å². The first kappa shape index (κ1) is 15.8. The number of aryl methyl sites for hydroxylation is 1. The van der Waals surface area contributed by atoms with E-state index < -0.39 is 10.0 Å². The lowest BCUT2D eigenvalue weighted by molar-refractivity contribution is 0.0134. The van der Waals surface area contributed by atoms with Gasteiger partial charge in [-0.2, -0.15) is 0 Å². The molecule has 7 nitrogen and oxygen atoms in total. The molecular formula is C16H21N3O4S. The Bertz CT molecular complexity index is 850. The van der Waals surface area contributed by atoms with E-state index in [0.29, 0.717) is 26.2 Å². The molecule has 8 heteroatoms. The van der Waals surface area contributed by atoms with Gasteiger partial charge in [0, 0.05) is 44.8 Å². The van der Waals surface area contributed by atoms with Gasteiger partial charge in [0.2, 0.25) is 10.0 Å². The second-order valence-electron chi connectivity index (χ2n) is 7.33. The minimum absolute atomic E-state index is 0.127. The van der Waals surface area contributed by atoms with E-state index in [1.54, 1.807) is 34.6 Å². The van der Waals surface area contributed by atoms with Crippen molar-refractivity contribution in [3.8, 4) is 0 Å². The fourth-order valence-corrected chi connectivity index (χ4v) is 5.74. The van der Waals surface area contributed by atoms with Crippen molar-refractivity contribution in [2.75, 3.05) is 26.2 Å². The summed E-state index contributed by atoms with van der Waals surface area (Å²) in [6.07, 6.45) is 3.95. The third kappa shape index (κ3) is 2.39. The van der Waals surface area contributed by atoms with Gasteiger partial charge in [-0.1, -0.05) is 0 Å². The Kier molecular flexibility index (Phi) is 3.41. The maximum absolute atomic E-state index is 12.5. The van der Waals surface area contributed by atoms with Crippen molar-refractivity contribution in [2.45, 2.75) is 24.5 Å². The molecule has 3 heterocycles. The molecule has 4 rings (SSSR count). The minimum atomic E-state index is -3.14. The number of hydrogen-bond donors (Lipinski definition) is 0. The second-order valence-corrected chi connectivity index (χ2v) is 9.54. The van der Waals surface area contributed by atoms with Crippen LogP contribution in [0.25, 0.3) is 0 Å². The third-order valence-corrected chi connectivity index (χ3v) is 7.75. The highest BCUT2D eigenvalue weighted by atomic mass is 32.2. The molecule has 1 aliphatic carbocycles. The summed E-state index contributed by atoms with van der Waals surface area (Å²) in [7, 11) is -1.52. The summed E-state index contributed by atoms with van der Waals surface area (Å²) in [5.41, 5.74) is -0.249. The summed E-state index contributed by atoms with van der Waals surface area (Å²) in [5.74, 6) is -0.259. The molecule has 0 atom stereocenters. The number of sulfonamides is 1. The summed E-state index contributed by atoms with van der Waals surface area (Å²) in [4.78, 5) is 26.2. The van der Waals surface area contributed by atoms with Crippen LogP contribution < -0.4 is 5.56 Å². The molecule has 0 unspecified atom stereocenters. The van der Waals surface area contributed by atoms with Crippen LogP contribution in [0.4, 0.5) is 0 Å². The van der Waals surface area contributed by atoms with Gasteiger partial charge in [-0.15, -0.1) is 0 Å². The SMILES string of the molecule is Cn1cccc(C(=O)N2CC3(CCN(S(=O)(=O)C4CC4)C3)C2)c1=O.